The first-order valence-electron chi connectivity index (χ1n) is 20.1. The summed E-state index contributed by atoms with van der Waals surface area (Å²) in [5, 5.41) is 21.7. The summed E-state index contributed by atoms with van der Waals surface area (Å²) in [5.41, 5.74) is 14.6. The number of carboxylic acid groups (broad SMARTS) is 1. The molecule has 2 saturated heterocycles. The summed E-state index contributed by atoms with van der Waals surface area (Å²) >= 11 is 0. The molecule has 3 aliphatic heterocycles. The van der Waals surface area contributed by atoms with Crippen LogP contribution in [0.5, 0.6) is 5.88 Å². The van der Waals surface area contributed by atoms with E-state index in [-0.39, 0.29) is 12.3 Å². The lowest BCUT2D eigenvalue weighted by Crippen LogP contribution is -2.47. The number of azide groups is 1. The number of pyridine rings is 1. The average molecular weight is 775 g/mol. The summed E-state index contributed by atoms with van der Waals surface area (Å²) in [6.45, 7) is 15.7. The van der Waals surface area contributed by atoms with E-state index in [1.807, 2.05) is 17.7 Å². The van der Waals surface area contributed by atoms with Crippen LogP contribution in [0, 0.1) is 19.8 Å². The molecule has 2 atom stereocenters. The first kappa shape index (κ1) is 41.2. The number of hydrogen-bond donors (Lipinski definition) is 2. The van der Waals surface area contributed by atoms with Gasteiger partial charge in [-0.05, 0) is 86.6 Å². The molecule has 6 rings (SSSR count). The zero-order chi connectivity index (χ0) is 39.1. The Kier molecular flexibility index (Phi) is 15.6. The highest BCUT2D eigenvalue weighted by atomic mass is 16.5. The summed E-state index contributed by atoms with van der Waals surface area (Å²) in [6, 6.07) is 12.7. The van der Waals surface area contributed by atoms with Crippen LogP contribution in [-0.4, -0.2) is 147 Å². The van der Waals surface area contributed by atoms with Crippen LogP contribution in [-0.2, 0) is 25.4 Å². The van der Waals surface area contributed by atoms with Crippen molar-refractivity contribution in [1.29, 1.82) is 0 Å². The van der Waals surface area contributed by atoms with E-state index in [4.69, 9.17) is 34.6 Å². The molecule has 2 fully saturated rings. The molecule has 2 N–H and O–H groups in total. The van der Waals surface area contributed by atoms with Gasteiger partial charge in [-0.3, -0.25) is 9.69 Å². The largest absolute Gasteiger partial charge is 0.481 e. The minimum atomic E-state index is -0.797. The zero-order valence-corrected chi connectivity index (χ0v) is 33.0. The highest BCUT2D eigenvalue weighted by molar-refractivity contribution is 5.69. The Morgan fingerprint density at radius 1 is 0.982 bits per heavy atom. The number of carbonyl (C=O) groups is 1. The van der Waals surface area contributed by atoms with Gasteiger partial charge in [0.05, 0.1) is 64.1 Å². The number of benzene rings is 1. The van der Waals surface area contributed by atoms with Crippen LogP contribution in [0.25, 0.3) is 16.1 Å². The van der Waals surface area contributed by atoms with Crippen molar-refractivity contribution in [1.82, 2.24) is 24.6 Å². The number of likely N-dealkylation sites (tertiary alicyclic amines) is 1. The SMILES string of the molecule is Cc1cc(C)n(-c2cc([C@H](CC(=O)O)CN3CC[C@@H](COc4ccc5c(n4)NCCC5)C3)cc(N3CCN(CCOCCOCCOCCN=[N+]=[N-])CC3)c2)n1. The Labute approximate surface area is 329 Å². The van der Waals surface area contributed by atoms with Crippen LogP contribution in [0.3, 0.4) is 0 Å². The second-order valence-electron chi connectivity index (χ2n) is 14.9. The topological polar surface area (TPSA) is 175 Å². The molecular weight excluding hydrogens is 717 g/mol. The number of rotatable bonds is 22. The molecule has 0 bridgehead atoms. The maximum atomic E-state index is 12.3. The van der Waals surface area contributed by atoms with Crippen LogP contribution in [0.4, 0.5) is 11.5 Å². The van der Waals surface area contributed by atoms with E-state index < -0.39 is 5.97 Å². The number of piperazine rings is 1. The normalized spacial score (nSPS) is 18.0. The number of aliphatic carboxylic acids is 1. The van der Waals surface area contributed by atoms with Crippen molar-refractivity contribution < 1.29 is 28.8 Å². The molecule has 2 aromatic heterocycles. The Hall–Kier alpha value is -4.44. The second-order valence-corrected chi connectivity index (χ2v) is 14.9. The number of fused-ring (bicyclic) bond motifs is 1. The Balaban J connectivity index is 1.03. The van der Waals surface area contributed by atoms with Gasteiger partial charge in [0.15, 0.2) is 0 Å². The second kappa shape index (κ2) is 21.2. The molecule has 16 heteroatoms. The van der Waals surface area contributed by atoms with E-state index in [2.05, 4.69) is 67.3 Å². The number of nitrogens with zero attached hydrogens (tertiary/aromatic N) is 9. The average Bonchev–Trinajstić information content (AvgIpc) is 3.81. The monoisotopic (exact) mass is 774 g/mol. The zero-order valence-electron chi connectivity index (χ0n) is 33.0. The Bertz CT molecular complexity index is 1760. The molecule has 0 radical (unpaired) electrons. The van der Waals surface area contributed by atoms with E-state index in [1.54, 1.807) is 0 Å². The van der Waals surface area contributed by atoms with Crippen LogP contribution in [0.15, 0.2) is 41.5 Å². The van der Waals surface area contributed by atoms with Gasteiger partial charge < -0.3 is 39.2 Å². The van der Waals surface area contributed by atoms with Gasteiger partial charge in [-0.1, -0.05) is 5.11 Å². The van der Waals surface area contributed by atoms with Crippen molar-refractivity contribution in [2.75, 3.05) is 122 Å². The molecule has 3 aliphatic rings. The maximum absolute atomic E-state index is 12.3. The smallest absolute Gasteiger partial charge is 0.304 e. The lowest BCUT2D eigenvalue weighted by Gasteiger charge is -2.36. The number of carboxylic acids is 1. The minimum Gasteiger partial charge on any atom is -0.481 e. The van der Waals surface area contributed by atoms with E-state index >= 15 is 0 Å². The van der Waals surface area contributed by atoms with Gasteiger partial charge in [0, 0.05) is 93.1 Å². The van der Waals surface area contributed by atoms with Crippen molar-refractivity contribution >= 4 is 17.5 Å². The summed E-state index contributed by atoms with van der Waals surface area (Å²) in [6.07, 6.45) is 3.22. The third-order valence-electron chi connectivity index (χ3n) is 10.7. The predicted molar refractivity (Wildman–Crippen MR) is 214 cm³/mol. The molecule has 16 nitrogen and oxygen atoms in total. The molecule has 0 amide bonds. The number of aryl methyl sites for hydroxylation is 3. The summed E-state index contributed by atoms with van der Waals surface area (Å²) in [5.74, 6) is 0.964. The van der Waals surface area contributed by atoms with Crippen molar-refractivity contribution in [2.45, 2.75) is 45.4 Å². The molecule has 0 unspecified atom stereocenters. The molecule has 0 spiro atoms. The maximum Gasteiger partial charge on any atom is 0.304 e. The van der Waals surface area contributed by atoms with Crippen molar-refractivity contribution in [2.24, 2.45) is 11.0 Å². The van der Waals surface area contributed by atoms with Crippen molar-refractivity contribution in [3.63, 3.8) is 0 Å². The van der Waals surface area contributed by atoms with E-state index in [0.717, 1.165) is 106 Å². The highest BCUT2D eigenvalue weighted by Crippen LogP contribution is 2.32. The van der Waals surface area contributed by atoms with Gasteiger partial charge in [-0.2, -0.15) is 10.1 Å². The Morgan fingerprint density at radius 3 is 2.50 bits per heavy atom. The number of aromatic nitrogens is 3. The first-order valence-corrected chi connectivity index (χ1v) is 20.1. The third-order valence-corrected chi connectivity index (χ3v) is 10.7. The molecule has 0 saturated carbocycles. The fourth-order valence-electron chi connectivity index (χ4n) is 7.78. The molecule has 304 valence electrons. The molecule has 3 aromatic rings. The highest BCUT2D eigenvalue weighted by Gasteiger charge is 2.29. The lowest BCUT2D eigenvalue weighted by atomic mass is 9.93. The van der Waals surface area contributed by atoms with Crippen LogP contribution < -0.4 is 15.0 Å². The van der Waals surface area contributed by atoms with Crippen LogP contribution in [0.2, 0.25) is 0 Å². The lowest BCUT2D eigenvalue weighted by molar-refractivity contribution is -0.137. The number of hydrogen-bond acceptors (Lipinski definition) is 12. The Morgan fingerprint density at radius 2 is 1.75 bits per heavy atom. The summed E-state index contributed by atoms with van der Waals surface area (Å²) in [7, 11) is 0. The fraction of sp³-hybridized carbons (Fsp3) is 0.625. The van der Waals surface area contributed by atoms with E-state index in [1.165, 1.54) is 5.56 Å². The predicted octanol–water partition coefficient (Wildman–Crippen LogP) is 4.68. The van der Waals surface area contributed by atoms with Crippen molar-refractivity contribution in [3.05, 3.63) is 69.4 Å². The summed E-state index contributed by atoms with van der Waals surface area (Å²) in [4.78, 5) is 26.9. The van der Waals surface area contributed by atoms with E-state index in [9.17, 15) is 9.90 Å². The van der Waals surface area contributed by atoms with Gasteiger partial charge >= 0.3 is 5.97 Å². The molecule has 0 aliphatic carbocycles. The summed E-state index contributed by atoms with van der Waals surface area (Å²) < 4.78 is 24.9. The first-order chi connectivity index (χ1) is 27.3. The molecule has 56 heavy (non-hydrogen) atoms. The quantitative estimate of drug-likeness (QED) is 0.0625. The molecular formula is C40H58N10O6. The fourth-order valence-corrected chi connectivity index (χ4v) is 7.78. The van der Waals surface area contributed by atoms with Gasteiger partial charge in [-0.15, -0.1) is 0 Å². The minimum absolute atomic E-state index is 0.0508. The number of anilines is 2. The molecule has 5 heterocycles. The van der Waals surface area contributed by atoms with Gasteiger partial charge in [0.2, 0.25) is 5.88 Å². The van der Waals surface area contributed by atoms with Crippen molar-refractivity contribution in [3.8, 4) is 11.6 Å². The van der Waals surface area contributed by atoms with Crippen LogP contribution >= 0.6 is 0 Å². The molecule has 1 aromatic carbocycles. The van der Waals surface area contributed by atoms with Crippen LogP contribution in [0.1, 0.15) is 47.7 Å². The van der Waals surface area contributed by atoms with Gasteiger partial charge in [0.1, 0.15) is 5.82 Å². The van der Waals surface area contributed by atoms with Gasteiger partial charge in [0.25, 0.3) is 0 Å². The standard InChI is InChI=1S/C40H58N10O6/c1-30-22-31(2)50(45-30)37-24-34(23-36(26-37)49-13-11-47(12-14-49)15-17-54-19-21-55-20-18-53-16-9-43-46-41)35(25-39(51)52)28-48-10-7-32(27-48)29-56-38-6-5-33-4-3-8-42-40(33)44-38/h5-6,22-24,26,32,35H,3-4,7-21,25,27-29H2,1-2H3,(H,42,44)(H,51,52)/t32-,35-/m1/s1. The van der Waals surface area contributed by atoms with Gasteiger partial charge in [-0.25, -0.2) is 4.68 Å². The number of ether oxygens (including phenoxy) is 4. The number of nitrogens with one attached hydrogen (secondary N) is 1. The third kappa shape index (κ3) is 12.3. The van der Waals surface area contributed by atoms with E-state index in [0.29, 0.717) is 71.1 Å².